The Morgan fingerprint density at radius 3 is 2.62 bits per heavy atom. The molecule has 5 nitrogen and oxygen atoms in total. The number of nitrogens with two attached hydrogens (primary N) is 1. The average molecular weight is 320 g/mol. The summed E-state index contributed by atoms with van der Waals surface area (Å²) in [4.78, 5) is 9.04. The first-order valence-electron chi connectivity index (χ1n) is 7.84. The fraction of sp³-hybridized carbons (Fsp3) is 0.158. The molecule has 0 fully saturated rings. The van der Waals surface area contributed by atoms with E-state index in [1.54, 1.807) is 0 Å². The number of para-hydroxylation sites is 1. The first-order valence-corrected chi connectivity index (χ1v) is 7.84. The molecule has 0 unspecified atom stereocenters. The minimum absolute atomic E-state index is 0.556. The molecule has 1 heterocycles. The molecule has 0 saturated heterocycles. The number of ether oxygens (including phenoxy) is 1. The lowest BCUT2D eigenvalue weighted by Gasteiger charge is -2.10. The van der Waals surface area contributed by atoms with Gasteiger partial charge in [0.25, 0.3) is 0 Å². The molecule has 0 aliphatic heterocycles. The van der Waals surface area contributed by atoms with Crippen LogP contribution in [0, 0.1) is 6.92 Å². The van der Waals surface area contributed by atoms with Crippen molar-refractivity contribution in [1.82, 2.24) is 9.97 Å². The van der Waals surface area contributed by atoms with Gasteiger partial charge in [-0.15, -0.1) is 0 Å². The van der Waals surface area contributed by atoms with Crippen LogP contribution in [0.4, 0.5) is 11.5 Å². The molecule has 5 heteroatoms. The van der Waals surface area contributed by atoms with Crippen molar-refractivity contribution in [1.29, 1.82) is 0 Å². The lowest BCUT2D eigenvalue weighted by atomic mass is 10.2. The zero-order valence-electron chi connectivity index (χ0n) is 13.6. The third-order valence-electron chi connectivity index (χ3n) is 3.42. The number of hydrogen-bond acceptors (Lipinski definition) is 5. The van der Waals surface area contributed by atoms with Gasteiger partial charge in [0.15, 0.2) is 5.82 Å². The lowest BCUT2D eigenvalue weighted by Crippen LogP contribution is -2.13. The molecule has 3 rings (SSSR count). The maximum Gasteiger partial charge on any atom is 0.161 e. The van der Waals surface area contributed by atoms with Crippen LogP contribution >= 0.6 is 0 Å². The second kappa shape index (κ2) is 7.46. The smallest absolute Gasteiger partial charge is 0.161 e. The van der Waals surface area contributed by atoms with Gasteiger partial charge in [0.05, 0.1) is 6.54 Å². The molecule has 0 radical (unpaired) electrons. The van der Waals surface area contributed by atoms with E-state index < -0.39 is 0 Å². The maximum atomic E-state index is 5.84. The molecule has 0 saturated carbocycles. The van der Waals surface area contributed by atoms with E-state index in [4.69, 9.17) is 10.5 Å². The molecule has 1 aromatic heterocycles. The van der Waals surface area contributed by atoms with Gasteiger partial charge in [-0.05, 0) is 31.2 Å². The largest absolute Gasteiger partial charge is 0.492 e. The van der Waals surface area contributed by atoms with Crippen molar-refractivity contribution in [3.05, 3.63) is 66.4 Å². The Morgan fingerprint density at radius 1 is 1.00 bits per heavy atom. The summed E-state index contributed by atoms with van der Waals surface area (Å²) in [6.45, 7) is 3.16. The van der Waals surface area contributed by atoms with E-state index in [1.165, 1.54) is 0 Å². The third-order valence-corrected chi connectivity index (χ3v) is 3.42. The predicted octanol–water partition coefficient (Wildman–Crippen LogP) is 3.53. The van der Waals surface area contributed by atoms with E-state index in [9.17, 15) is 0 Å². The Balaban J connectivity index is 1.64. The van der Waals surface area contributed by atoms with Gasteiger partial charge in [-0.2, -0.15) is 0 Å². The summed E-state index contributed by atoms with van der Waals surface area (Å²) in [5, 5.41) is 3.27. The van der Waals surface area contributed by atoms with Crippen LogP contribution in [0.2, 0.25) is 0 Å². The molecule has 122 valence electrons. The van der Waals surface area contributed by atoms with Crippen LogP contribution in [-0.2, 0) is 0 Å². The van der Waals surface area contributed by atoms with Gasteiger partial charge < -0.3 is 15.8 Å². The van der Waals surface area contributed by atoms with E-state index in [0.717, 1.165) is 22.8 Å². The summed E-state index contributed by atoms with van der Waals surface area (Å²) in [6.07, 6.45) is 0. The summed E-state index contributed by atoms with van der Waals surface area (Å²) >= 11 is 0. The second-order valence-corrected chi connectivity index (χ2v) is 5.43. The number of nitrogens with zero attached hydrogens (tertiary/aromatic N) is 2. The van der Waals surface area contributed by atoms with E-state index in [-0.39, 0.29) is 0 Å². The van der Waals surface area contributed by atoms with Crippen LogP contribution in [0.15, 0.2) is 60.7 Å². The van der Waals surface area contributed by atoms with Crippen LogP contribution in [0.1, 0.15) is 5.69 Å². The van der Waals surface area contributed by atoms with Crippen molar-refractivity contribution in [2.45, 2.75) is 6.92 Å². The first-order chi connectivity index (χ1) is 11.7. The van der Waals surface area contributed by atoms with Crippen molar-refractivity contribution < 1.29 is 4.74 Å². The first kappa shape index (κ1) is 15.8. The molecule has 0 spiro atoms. The molecular weight excluding hydrogens is 300 g/mol. The highest BCUT2D eigenvalue weighted by Crippen LogP contribution is 2.20. The highest BCUT2D eigenvalue weighted by atomic mass is 16.5. The zero-order valence-corrected chi connectivity index (χ0v) is 13.6. The monoisotopic (exact) mass is 320 g/mol. The van der Waals surface area contributed by atoms with Gasteiger partial charge in [-0.3, -0.25) is 0 Å². The molecule has 0 bridgehead atoms. The second-order valence-electron chi connectivity index (χ2n) is 5.43. The number of nitrogens with one attached hydrogen (secondary N) is 1. The van der Waals surface area contributed by atoms with Gasteiger partial charge >= 0.3 is 0 Å². The Hall–Kier alpha value is -3.08. The summed E-state index contributed by atoms with van der Waals surface area (Å²) in [6, 6.07) is 19.2. The van der Waals surface area contributed by atoms with Crippen LogP contribution in [-0.4, -0.2) is 23.1 Å². The molecule has 24 heavy (non-hydrogen) atoms. The fourth-order valence-corrected chi connectivity index (χ4v) is 2.33. The molecule has 3 aromatic rings. The minimum Gasteiger partial charge on any atom is -0.492 e. The molecule has 0 aliphatic rings. The van der Waals surface area contributed by atoms with Crippen LogP contribution in [0.25, 0.3) is 11.4 Å². The molecule has 0 atom stereocenters. The van der Waals surface area contributed by atoms with Gasteiger partial charge in [0, 0.05) is 23.0 Å². The van der Waals surface area contributed by atoms with Crippen LogP contribution in [0.3, 0.4) is 0 Å². The quantitative estimate of drug-likeness (QED) is 0.537. The van der Waals surface area contributed by atoms with E-state index in [0.29, 0.717) is 24.7 Å². The number of anilines is 2. The summed E-state index contributed by atoms with van der Waals surface area (Å²) < 4.78 is 5.67. The third kappa shape index (κ3) is 4.23. The standard InChI is InChI=1S/C19H20N4O/c1-14-12-18(21-10-11-24-17-8-3-2-4-9-17)23-19(22-14)15-6-5-7-16(20)13-15/h2-9,12-13H,10-11,20H2,1H3,(H,21,22,23). The Morgan fingerprint density at radius 2 is 1.83 bits per heavy atom. The van der Waals surface area contributed by atoms with Crippen molar-refractivity contribution >= 4 is 11.5 Å². The topological polar surface area (TPSA) is 73.1 Å². The number of aryl methyl sites for hydroxylation is 1. The van der Waals surface area contributed by atoms with Gasteiger partial charge in [0.1, 0.15) is 18.2 Å². The number of hydrogen-bond donors (Lipinski definition) is 2. The average Bonchev–Trinajstić information content (AvgIpc) is 2.59. The Labute approximate surface area is 141 Å². The molecule has 2 aromatic carbocycles. The minimum atomic E-state index is 0.556. The highest BCUT2D eigenvalue weighted by Gasteiger charge is 2.05. The van der Waals surface area contributed by atoms with Crippen LogP contribution < -0.4 is 15.8 Å². The zero-order chi connectivity index (χ0) is 16.8. The van der Waals surface area contributed by atoms with Crippen molar-refractivity contribution in [3.63, 3.8) is 0 Å². The summed E-state index contributed by atoms with van der Waals surface area (Å²) in [5.74, 6) is 2.30. The van der Waals surface area contributed by atoms with Crippen molar-refractivity contribution in [2.75, 3.05) is 24.2 Å². The summed E-state index contributed by atoms with van der Waals surface area (Å²) in [7, 11) is 0. The number of aromatic nitrogens is 2. The fourth-order valence-electron chi connectivity index (χ4n) is 2.33. The number of nitrogen functional groups attached to an aromatic ring is 1. The SMILES string of the molecule is Cc1cc(NCCOc2ccccc2)nc(-c2cccc(N)c2)n1. The van der Waals surface area contributed by atoms with Crippen molar-refractivity contribution in [3.8, 4) is 17.1 Å². The number of benzene rings is 2. The maximum absolute atomic E-state index is 5.84. The highest BCUT2D eigenvalue weighted by molar-refractivity contribution is 5.62. The van der Waals surface area contributed by atoms with Gasteiger partial charge in [-0.25, -0.2) is 9.97 Å². The normalized spacial score (nSPS) is 10.4. The molecule has 0 amide bonds. The Kier molecular flexibility index (Phi) is 4.91. The van der Waals surface area contributed by atoms with E-state index >= 15 is 0 Å². The molecule has 3 N–H and O–H groups in total. The summed E-state index contributed by atoms with van der Waals surface area (Å²) in [5.41, 5.74) is 8.34. The van der Waals surface area contributed by atoms with Gasteiger partial charge in [0.2, 0.25) is 0 Å². The molecule has 0 aliphatic carbocycles. The van der Waals surface area contributed by atoms with Gasteiger partial charge in [-0.1, -0.05) is 30.3 Å². The predicted molar refractivity (Wildman–Crippen MR) is 97.0 cm³/mol. The molecular formula is C19H20N4O. The number of rotatable bonds is 6. The van der Waals surface area contributed by atoms with E-state index in [1.807, 2.05) is 67.6 Å². The van der Waals surface area contributed by atoms with Crippen molar-refractivity contribution in [2.24, 2.45) is 0 Å². The Bertz CT molecular complexity index is 805. The van der Waals surface area contributed by atoms with Crippen LogP contribution in [0.5, 0.6) is 5.75 Å². The lowest BCUT2D eigenvalue weighted by molar-refractivity contribution is 0.333. The van der Waals surface area contributed by atoms with E-state index in [2.05, 4.69) is 15.3 Å².